The standard InChI is InChI=1S/C17H12BrIN2O3S/c1-8-3-4-10(5-9(8)2)21-16(23)12(15(22)20-17(21)25)6-11-7-13(18)14(19)24-11/h3-7H,1-2H3,(H,20,22,25)/b12-6+. The number of aryl methyl sites for hydroxylation is 2. The van der Waals surface area contributed by atoms with E-state index in [1.807, 2.05) is 48.6 Å². The molecule has 2 amide bonds. The zero-order valence-electron chi connectivity index (χ0n) is 13.2. The highest BCUT2D eigenvalue weighted by Gasteiger charge is 2.34. The molecular formula is C17H12BrIN2O3S. The zero-order valence-corrected chi connectivity index (χ0v) is 17.8. The van der Waals surface area contributed by atoms with Gasteiger partial charge in [-0.1, -0.05) is 6.07 Å². The number of benzene rings is 1. The number of nitrogens with zero attached hydrogens (tertiary/aromatic N) is 1. The van der Waals surface area contributed by atoms with E-state index in [1.54, 1.807) is 12.1 Å². The molecule has 1 fully saturated rings. The lowest BCUT2D eigenvalue weighted by molar-refractivity contribution is -0.122. The number of anilines is 1. The summed E-state index contributed by atoms with van der Waals surface area (Å²) in [4.78, 5) is 26.5. The van der Waals surface area contributed by atoms with E-state index in [4.69, 9.17) is 16.6 Å². The van der Waals surface area contributed by atoms with Crippen LogP contribution in [0.25, 0.3) is 6.08 Å². The van der Waals surface area contributed by atoms with Crippen molar-refractivity contribution < 1.29 is 14.0 Å². The van der Waals surface area contributed by atoms with Crippen molar-refractivity contribution in [2.75, 3.05) is 4.90 Å². The van der Waals surface area contributed by atoms with Crippen molar-refractivity contribution in [3.8, 4) is 0 Å². The summed E-state index contributed by atoms with van der Waals surface area (Å²) in [6.45, 7) is 3.94. The fourth-order valence-electron chi connectivity index (χ4n) is 2.33. The molecule has 0 unspecified atom stereocenters. The lowest BCUT2D eigenvalue weighted by Crippen LogP contribution is -2.54. The number of carbonyl (C=O) groups is 2. The van der Waals surface area contributed by atoms with Crippen molar-refractivity contribution >= 4 is 79.4 Å². The van der Waals surface area contributed by atoms with Crippen molar-refractivity contribution in [3.05, 3.63) is 55.0 Å². The van der Waals surface area contributed by atoms with Gasteiger partial charge < -0.3 is 4.42 Å². The van der Waals surface area contributed by atoms with Crippen molar-refractivity contribution in [2.24, 2.45) is 0 Å². The molecule has 1 N–H and O–H groups in total. The van der Waals surface area contributed by atoms with E-state index < -0.39 is 11.8 Å². The SMILES string of the molecule is Cc1ccc(N2C(=O)/C(=C/c3cc(Br)c(I)o3)C(=O)NC2=S)cc1C. The maximum atomic E-state index is 12.9. The molecule has 8 heteroatoms. The second-order valence-corrected chi connectivity index (χ2v) is 7.72. The molecule has 0 bridgehead atoms. The molecule has 3 rings (SSSR count). The number of amides is 2. The highest BCUT2D eigenvalue weighted by molar-refractivity contribution is 14.1. The fraction of sp³-hybridized carbons (Fsp3) is 0.118. The number of rotatable bonds is 2. The van der Waals surface area contributed by atoms with Gasteiger partial charge in [0.25, 0.3) is 11.8 Å². The number of nitrogens with one attached hydrogen (secondary N) is 1. The maximum absolute atomic E-state index is 12.9. The Morgan fingerprint density at radius 3 is 2.56 bits per heavy atom. The Labute approximate surface area is 171 Å². The molecule has 1 saturated heterocycles. The van der Waals surface area contributed by atoms with Crippen LogP contribution in [0.15, 0.2) is 38.7 Å². The number of hydrogen-bond donors (Lipinski definition) is 1. The van der Waals surface area contributed by atoms with Gasteiger partial charge in [-0.25, -0.2) is 0 Å². The highest BCUT2D eigenvalue weighted by atomic mass is 127. The van der Waals surface area contributed by atoms with Crippen LogP contribution in [0.1, 0.15) is 16.9 Å². The summed E-state index contributed by atoms with van der Waals surface area (Å²) >= 11 is 10.5. The van der Waals surface area contributed by atoms with Crippen molar-refractivity contribution in [3.63, 3.8) is 0 Å². The Bertz CT molecular complexity index is 932. The van der Waals surface area contributed by atoms with Gasteiger partial charge in [-0.15, -0.1) is 0 Å². The lowest BCUT2D eigenvalue weighted by atomic mass is 10.1. The van der Waals surface area contributed by atoms with Crippen LogP contribution in [0, 0.1) is 17.6 Å². The Hall–Kier alpha value is -1.52. The van der Waals surface area contributed by atoms with Crippen LogP contribution < -0.4 is 10.2 Å². The molecule has 0 atom stereocenters. The molecule has 1 aromatic carbocycles. The van der Waals surface area contributed by atoms with E-state index in [0.29, 0.717) is 15.2 Å². The van der Waals surface area contributed by atoms with Crippen LogP contribution in [0.5, 0.6) is 0 Å². The average Bonchev–Trinajstić information content (AvgIpc) is 2.85. The Balaban J connectivity index is 2.03. The zero-order chi connectivity index (χ0) is 18.3. The number of hydrogen-bond acceptors (Lipinski definition) is 4. The normalized spacial score (nSPS) is 16.6. The summed E-state index contributed by atoms with van der Waals surface area (Å²) in [5.41, 5.74) is 2.71. The molecule has 0 spiro atoms. The number of thiocarbonyl (C=S) groups is 1. The monoisotopic (exact) mass is 530 g/mol. The molecule has 1 aromatic heterocycles. The van der Waals surface area contributed by atoms with E-state index in [-0.39, 0.29) is 10.7 Å². The van der Waals surface area contributed by atoms with Crippen LogP contribution in [-0.4, -0.2) is 16.9 Å². The molecule has 0 aliphatic carbocycles. The molecular weight excluding hydrogens is 519 g/mol. The molecule has 0 radical (unpaired) electrons. The van der Waals surface area contributed by atoms with E-state index in [0.717, 1.165) is 15.6 Å². The molecule has 1 aliphatic heterocycles. The third kappa shape index (κ3) is 3.56. The summed E-state index contributed by atoms with van der Waals surface area (Å²) in [5, 5.41) is 2.62. The van der Waals surface area contributed by atoms with Gasteiger partial charge in [0.1, 0.15) is 11.3 Å². The first-order valence-corrected chi connectivity index (χ1v) is 9.49. The van der Waals surface area contributed by atoms with Gasteiger partial charge in [0, 0.05) is 22.6 Å². The van der Waals surface area contributed by atoms with E-state index in [1.165, 1.54) is 11.0 Å². The van der Waals surface area contributed by atoms with Gasteiger partial charge in [-0.3, -0.25) is 19.8 Å². The van der Waals surface area contributed by atoms with Crippen LogP contribution in [0.3, 0.4) is 0 Å². The molecule has 1 aliphatic rings. The first-order chi connectivity index (χ1) is 11.8. The van der Waals surface area contributed by atoms with E-state index in [2.05, 4.69) is 21.2 Å². The Morgan fingerprint density at radius 1 is 1.24 bits per heavy atom. The van der Waals surface area contributed by atoms with Crippen molar-refractivity contribution in [2.45, 2.75) is 13.8 Å². The summed E-state index contributed by atoms with van der Waals surface area (Å²) in [6, 6.07) is 7.27. The second-order valence-electron chi connectivity index (χ2n) is 5.50. The van der Waals surface area contributed by atoms with Crippen molar-refractivity contribution in [1.29, 1.82) is 0 Å². The fourth-order valence-corrected chi connectivity index (χ4v) is 3.33. The molecule has 2 heterocycles. The maximum Gasteiger partial charge on any atom is 0.270 e. The minimum atomic E-state index is -0.544. The first kappa shape index (κ1) is 18.3. The highest BCUT2D eigenvalue weighted by Crippen LogP contribution is 2.27. The molecule has 2 aromatic rings. The number of halogens is 2. The topological polar surface area (TPSA) is 62.6 Å². The first-order valence-electron chi connectivity index (χ1n) is 7.21. The molecule has 0 saturated carbocycles. The van der Waals surface area contributed by atoms with Gasteiger partial charge in [0.05, 0.1) is 10.2 Å². The summed E-state index contributed by atoms with van der Waals surface area (Å²) in [5.74, 6) is -0.625. The van der Waals surface area contributed by atoms with Gasteiger partial charge >= 0.3 is 0 Å². The summed E-state index contributed by atoms with van der Waals surface area (Å²) in [7, 11) is 0. The quantitative estimate of drug-likeness (QED) is 0.275. The smallest absolute Gasteiger partial charge is 0.270 e. The van der Waals surface area contributed by atoms with Crippen molar-refractivity contribution in [1.82, 2.24) is 5.32 Å². The predicted molar refractivity (Wildman–Crippen MR) is 111 cm³/mol. The summed E-state index contributed by atoms with van der Waals surface area (Å²) < 4.78 is 6.88. The van der Waals surface area contributed by atoms with Crippen LogP contribution in [0.4, 0.5) is 5.69 Å². The van der Waals surface area contributed by atoms with E-state index >= 15 is 0 Å². The average molecular weight is 531 g/mol. The number of furan rings is 1. The lowest BCUT2D eigenvalue weighted by Gasteiger charge is -2.29. The van der Waals surface area contributed by atoms with Gasteiger partial charge in [0.2, 0.25) is 0 Å². The molecule has 25 heavy (non-hydrogen) atoms. The third-order valence-corrected chi connectivity index (χ3v) is 6.22. The predicted octanol–water partition coefficient (Wildman–Crippen LogP) is 4.09. The van der Waals surface area contributed by atoms with E-state index in [9.17, 15) is 9.59 Å². The van der Waals surface area contributed by atoms with Gasteiger partial charge in [0.15, 0.2) is 8.88 Å². The van der Waals surface area contributed by atoms with Gasteiger partial charge in [-0.05, 0) is 77.4 Å². The second kappa shape index (κ2) is 7.00. The minimum Gasteiger partial charge on any atom is -0.450 e. The summed E-state index contributed by atoms with van der Waals surface area (Å²) in [6.07, 6.45) is 1.42. The number of carbonyl (C=O) groups excluding carboxylic acids is 2. The minimum absolute atomic E-state index is 0.0375. The van der Waals surface area contributed by atoms with Crippen LogP contribution in [-0.2, 0) is 9.59 Å². The Kier molecular flexibility index (Phi) is 5.12. The third-order valence-electron chi connectivity index (χ3n) is 3.80. The molecule has 5 nitrogen and oxygen atoms in total. The van der Waals surface area contributed by atoms with Gasteiger partial charge in [-0.2, -0.15) is 0 Å². The Morgan fingerprint density at radius 2 is 1.96 bits per heavy atom. The van der Waals surface area contributed by atoms with Crippen LogP contribution >= 0.6 is 50.7 Å². The molecule has 128 valence electrons. The largest absolute Gasteiger partial charge is 0.450 e. The van der Waals surface area contributed by atoms with Crippen LogP contribution in [0.2, 0.25) is 0 Å².